The Labute approximate surface area is 361 Å². The van der Waals surface area contributed by atoms with Gasteiger partial charge in [-0.3, -0.25) is 8.80 Å². The molecule has 1 amide bonds. The lowest BCUT2D eigenvalue weighted by molar-refractivity contribution is 0.147. The van der Waals surface area contributed by atoms with E-state index in [0.29, 0.717) is 63.9 Å². The zero-order chi connectivity index (χ0) is 43.5. The van der Waals surface area contributed by atoms with E-state index in [9.17, 15) is 21.6 Å². The molecule has 6 aromatic heterocycles. The van der Waals surface area contributed by atoms with E-state index in [1.165, 1.54) is 14.1 Å². The van der Waals surface area contributed by atoms with Crippen LogP contribution in [0.2, 0.25) is 0 Å². The van der Waals surface area contributed by atoms with Crippen molar-refractivity contribution in [2.24, 2.45) is 29.4 Å². The number of nitrogens with zero attached hydrogens (tertiary/aromatic N) is 10. The molecule has 4 aliphatic carbocycles. The van der Waals surface area contributed by atoms with Gasteiger partial charge in [0, 0.05) is 36.3 Å². The van der Waals surface area contributed by atoms with Gasteiger partial charge >= 0.3 is 6.09 Å². The number of nitrogens with one attached hydrogen (secondary N) is 1. The van der Waals surface area contributed by atoms with Crippen LogP contribution in [0.4, 0.5) is 4.79 Å². The summed E-state index contributed by atoms with van der Waals surface area (Å²) in [5.41, 5.74) is 11.4. The van der Waals surface area contributed by atoms with Crippen molar-refractivity contribution in [3.8, 4) is 0 Å². The van der Waals surface area contributed by atoms with Crippen LogP contribution in [0.1, 0.15) is 67.2 Å². The predicted molar refractivity (Wildman–Crippen MR) is 230 cm³/mol. The number of hydrogen-bond acceptors (Lipinski definition) is 13. The summed E-state index contributed by atoms with van der Waals surface area (Å²) in [6.07, 6.45) is 9.59. The second-order valence-corrected chi connectivity index (χ2v) is 20.9. The maximum Gasteiger partial charge on any atom is 0.407 e. The lowest BCUT2D eigenvalue weighted by atomic mass is 10.0. The highest BCUT2D eigenvalue weighted by atomic mass is 32.2. The van der Waals surface area contributed by atoms with Gasteiger partial charge < -0.3 is 15.8 Å². The summed E-state index contributed by atoms with van der Waals surface area (Å²) in [5, 5.41) is 20.5. The average molecular weight is 889 g/mol. The molecule has 2 aromatic carbocycles. The van der Waals surface area contributed by atoms with E-state index in [4.69, 9.17) is 10.5 Å². The molecule has 0 spiro atoms. The Bertz CT molecular complexity index is 3340. The van der Waals surface area contributed by atoms with Crippen molar-refractivity contribution in [1.82, 2.24) is 52.4 Å². The van der Waals surface area contributed by atoms with Gasteiger partial charge in [0.1, 0.15) is 11.6 Å². The predicted octanol–water partition coefficient (Wildman–Crippen LogP) is 4.94. The van der Waals surface area contributed by atoms with Crippen LogP contribution in [0.15, 0.2) is 95.2 Å². The normalized spacial score (nSPS) is 25.0. The first-order chi connectivity index (χ1) is 30.3. The lowest BCUT2D eigenvalue weighted by Gasteiger charge is -2.16. The second-order valence-electron chi connectivity index (χ2n) is 17.2. The minimum absolute atomic E-state index is 0.0326. The molecule has 8 atom stereocenters. The van der Waals surface area contributed by atoms with Gasteiger partial charge in [-0.2, -0.15) is 0 Å². The maximum atomic E-state index is 13.3. The van der Waals surface area contributed by atoms with Gasteiger partial charge in [0.05, 0.1) is 39.8 Å². The number of benzene rings is 2. The number of ether oxygens (including phenoxy) is 1. The van der Waals surface area contributed by atoms with Crippen molar-refractivity contribution in [3.05, 3.63) is 108 Å². The van der Waals surface area contributed by atoms with Crippen LogP contribution < -0.4 is 11.1 Å². The van der Waals surface area contributed by atoms with Crippen molar-refractivity contribution in [3.63, 3.8) is 0 Å². The number of nitrogens with two attached hydrogens (primary N) is 1. The van der Waals surface area contributed by atoms with Gasteiger partial charge in [0.15, 0.2) is 22.6 Å². The number of aromatic nitrogens is 10. The number of hydrogen-bond donors (Lipinski definition) is 2. The first kappa shape index (κ1) is 39.6. The monoisotopic (exact) mass is 888 g/mol. The minimum atomic E-state index is -3.81. The summed E-state index contributed by atoms with van der Waals surface area (Å²) >= 11 is 0. The highest BCUT2D eigenvalue weighted by Crippen LogP contribution is 2.59. The third-order valence-electron chi connectivity index (χ3n) is 13.4. The quantitative estimate of drug-likeness (QED) is 0.206. The van der Waals surface area contributed by atoms with E-state index in [2.05, 4.69) is 35.7 Å². The van der Waals surface area contributed by atoms with E-state index in [1.807, 2.05) is 22.6 Å². The first-order valence-corrected chi connectivity index (χ1v) is 24.0. The summed E-state index contributed by atoms with van der Waals surface area (Å²) in [6.45, 7) is 5.95. The molecule has 18 nitrogen and oxygen atoms in total. The van der Waals surface area contributed by atoms with Crippen LogP contribution in [-0.2, 0) is 24.8 Å². The molecule has 8 aromatic rings. The molecule has 0 unspecified atom stereocenters. The van der Waals surface area contributed by atoms with E-state index in [0.717, 1.165) is 48.5 Å². The van der Waals surface area contributed by atoms with Crippen LogP contribution in [-0.4, -0.2) is 88.7 Å². The molecular formula is C43H44N12O6S2. The Kier molecular flexibility index (Phi) is 9.04. The number of fused-ring (bicyclic) bond motifs is 8. The van der Waals surface area contributed by atoms with Gasteiger partial charge in [-0.15, -0.1) is 20.4 Å². The summed E-state index contributed by atoms with van der Waals surface area (Å²) in [6, 6.07) is 17.3. The van der Waals surface area contributed by atoms with Gasteiger partial charge in [-0.1, -0.05) is 35.4 Å². The largest absolute Gasteiger partial charge is 0.450 e. The molecule has 6 heterocycles. The minimum Gasteiger partial charge on any atom is -0.450 e. The summed E-state index contributed by atoms with van der Waals surface area (Å²) in [7, 11) is -7.57. The molecular weight excluding hydrogens is 845 g/mol. The molecule has 0 aliphatic heterocycles. The Morgan fingerprint density at radius 1 is 0.667 bits per heavy atom. The van der Waals surface area contributed by atoms with E-state index < -0.39 is 26.1 Å². The van der Waals surface area contributed by atoms with Crippen molar-refractivity contribution in [2.75, 3.05) is 6.61 Å². The van der Waals surface area contributed by atoms with Gasteiger partial charge in [-0.05, 0) is 107 Å². The van der Waals surface area contributed by atoms with Gasteiger partial charge in [-0.25, -0.2) is 39.5 Å². The highest BCUT2D eigenvalue weighted by Gasteiger charge is 2.57. The molecule has 4 fully saturated rings. The number of carbonyl (C=O) groups excluding carboxylic acids is 1. The summed E-state index contributed by atoms with van der Waals surface area (Å²) < 4.78 is 64.4. The molecule has 4 aliphatic rings. The maximum absolute atomic E-state index is 13.3. The number of carbonyl (C=O) groups is 1. The second kappa shape index (κ2) is 14.4. The third kappa shape index (κ3) is 6.39. The van der Waals surface area contributed by atoms with E-state index in [1.54, 1.807) is 86.2 Å². The van der Waals surface area contributed by atoms with Gasteiger partial charge in [0.2, 0.25) is 0 Å². The fraction of sp³-hybridized carbons (Fsp3) is 0.372. The van der Waals surface area contributed by atoms with Crippen LogP contribution in [0.5, 0.6) is 0 Å². The molecule has 63 heavy (non-hydrogen) atoms. The number of aryl methyl sites for hydroxylation is 2. The average Bonchev–Trinajstić information content (AvgIpc) is 3.71. The van der Waals surface area contributed by atoms with Crippen molar-refractivity contribution in [1.29, 1.82) is 0 Å². The smallest absolute Gasteiger partial charge is 0.407 e. The number of rotatable bonds is 8. The standard InChI is InChI=1S/C23H24N6O4S.C20H20N6O2S/c1-3-33-23(30)25-18-11-17(15-10-16(15)18)21-27-26-20-12-24-22-19(29(20)21)8-9-28(22)34(31,32)14-6-4-13(2)5-7-14;1-11-2-4-12(5-3-11)29(27,28)25-7-6-17-20(25)22-10-18-23-24-19(26(17)18)15-9-16(21)14-8-13(14)15/h4-9,12,15-18H,3,10-11H2,1-2H3,(H,25,30);2-7,10,13-16H,8-9,21H2,1H3/t15-,16+,17+,18-;13-,14+,15+,16-/m11/s1. The van der Waals surface area contributed by atoms with E-state index in [-0.39, 0.29) is 33.7 Å². The van der Waals surface area contributed by atoms with Crippen LogP contribution in [0, 0.1) is 37.5 Å². The van der Waals surface area contributed by atoms with E-state index >= 15 is 0 Å². The third-order valence-corrected chi connectivity index (χ3v) is 16.8. The lowest BCUT2D eigenvalue weighted by Crippen LogP contribution is -2.35. The molecule has 0 saturated heterocycles. The highest BCUT2D eigenvalue weighted by molar-refractivity contribution is 7.90. The Morgan fingerprint density at radius 3 is 1.60 bits per heavy atom. The summed E-state index contributed by atoms with van der Waals surface area (Å²) in [4.78, 5) is 21.2. The zero-order valence-corrected chi connectivity index (χ0v) is 36.2. The molecule has 0 bridgehead atoms. The Morgan fingerprint density at radius 2 is 1.14 bits per heavy atom. The SMILES string of the molecule is CCOC(=O)N[C@@H]1C[C@H](c2nnc3cnc4c(ccn4S(=O)(=O)c4ccc(C)cc4)n23)[C@@H]2C[C@@H]21.Cc1ccc(S(=O)(=O)n2ccc3c2ncc2nnc([C@H]4C[C@@H](N)[C@H]5C[C@H]54)n23)cc1. The molecule has 324 valence electrons. The van der Waals surface area contributed by atoms with Gasteiger partial charge in [0.25, 0.3) is 20.0 Å². The number of amides is 1. The van der Waals surface area contributed by atoms with Crippen molar-refractivity contribution in [2.45, 2.75) is 80.2 Å². The number of alkyl carbamates (subject to hydrolysis) is 1. The van der Waals surface area contributed by atoms with Crippen molar-refractivity contribution >= 4 is 59.8 Å². The molecule has 3 N–H and O–H groups in total. The molecule has 12 rings (SSSR count). The topological polar surface area (TPSA) is 229 Å². The molecule has 0 radical (unpaired) electrons. The fourth-order valence-corrected chi connectivity index (χ4v) is 12.7. The Hall–Kier alpha value is -6.25. The van der Waals surface area contributed by atoms with Crippen molar-refractivity contribution < 1.29 is 26.4 Å². The summed E-state index contributed by atoms with van der Waals surface area (Å²) in [5.74, 6) is 3.93. The van der Waals surface area contributed by atoms with Crippen LogP contribution in [0.25, 0.3) is 33.6 Å². The van der Waals surface area contributed by atoms with Crippen LogP contribution in [0.3, 0.4) is 0 Å². The molecule has 4 saturated carbocycles. The molecule has 20 heteroatoms. The Balaban J connectivity index is 0.000000143. The fourth-order valence-electron chi connectivity index (χ4n) is 10.1. The zero-order valence-electron chi connectivity index (χ0n) is 34.6. The van der Waals surface area contributed by atoms with Crippen LogP contribution >= 0.6 is 0 Å². The first-order valence-electron chi connectivity index (χ1n) is 21.1.